The van der Waals surface area contributed by atoms with E-state index in [2.05, 4.69) is 20.3 Å². The predicted molar refractivity (Wildman–Crippen MR) is 196 cm³/mol. The van der Waals surface area contributed by atoms with Gasteiger partial charge >= 0.3 is 0 Å². The Morgan fingerprint density at radius 3 is 2.02 bits per heavy atom. The summed E-state index contributed by atoms with van der Waals surface area (Å²) in [5, 5.41) is 6.68. The number of benzene rings is 3. The standard InChI is InChI=1S/C36H46Cl2N4O8S/c1-3-47-13-10-39-35(43)27-7-4-8-28(20-27)36(44)40-11-14-48-16-18-50-19-17-49-15-12-41-51(45,46)30-9-5-6-26(21-30)32-24-42(2)25-33-31(32)22-29(37)23-34(33)38/h4-9,20-23,32,41H,3,10-19,24-25H2,1-2H3,(H,39,43)(H,40,44). The summed E-state index contributed by atoms with van der Waals surface area (Å²) in [4.78, 5) is 27.1. The van der Waals surface area contributed by atoms with Crippen molar-refractivity contribution in [2.45, 2.75) is 24.3 Å². The second kappa shape index (κ2) is 20.8. The zero-order valence-corrected chi connectivity index (χ0v) is 31.2. The molecule has 0 saturated heterocycles. The summed E-state index contributed by atoms with van der Waals surface area (Å²) in [6.45, 7) is 6.81. The first-order chi connectivity index (χ1) is 24.6. The van der Waals surface area contributed by atoms with E-state index in [1.54, 1.807) is 48.5 Å². The van der Waals surface area contributed by atoms with Gasteiger partial charge in [0.05, 0.1) is 51.1 Å². The van der Waals surface area contributed by atoms with Crippen LogP contribution in [0.15, 0.2) is 65.6 Å². The van der Waals surface area contributed by atoms with Crippen LogP contribution < -0.4 is 15.4 Å². The van der Waals surface area contributed by atoms with Crippen LogP contribution in [0.1, 0.15) is 50.2 Å². The molecule has 278 valence electrons. The molecular formula is C36H46Cl2N4O8S. The van der Waals surface area contributed by atoms with Crippen LogP contribution in [0.5, 0.6) is 0 Å². The Labute approximate surface area is 310 Å². The molecule has 3 aromatic rings. The highest BCUT2D eigenvalue weighted by Crippen LogP contribution is 2.38. The second-order valence-corrected chi connectivity index (χ2v) is 14.4. The lowest BCUT2D eigenvalue weighted by Crippen LogP contribution is -2.31. The number of carbonyl (C=O) groups is 2. The first-order valence-corrected chi connectivity index (χ1v) is 19.1. The number of halogens is 2. The van der Waals surface area contributed by atoms with Crippen molar-refractivity contribution in [2.24, 2.45) is 0 Å². The zero-order chi connectivity index (χ0) is 36.6. The van der Waals surface area contributed by atoms with E-state index in [-0.39, 0.29) is 42.4 Å². The summed E-state index contributed by atoms with van der Waals surface area (Å²) in [5.41, 5.74) is 3.65. The molecule has 0 fully saturated rings. The fourth-order valence-electron chi connectivity index (χ4n) is 5.53. The summed E-state index contributed by atoms with van der Waals surface area (Å²) < 4.78 is 50.5. The largest absolute Gasteiger partial charge is 0.380 e. The lowest BCUT2D eigenvalue weighted by atomic mass is 9.85. The predicted octanol–water partition coefficient (Wildman–Crippen LogP) is 4.10. The highest BCUT2D eigenvalue weighted by Gasteiger charge is 2.28. The van der Waals surface area contributed by atoms with E-state index in [1.165, 1.54) is 0 Å². The fraction of sp³-hybridized carbons (Fsp3) is 0.444. The van der Waals surface area contributed by atoms with Gasteiger partial charge in [-0.2, -0.15) is 0 Å². The monoisotopic (exact) mass is 764 g/mol. The van der Waals surface area contributed by atoms with Crippen molar-refractivity contribution in [3.05, 3.63) is 98.5 Å². The summed E-state index contributed by atoms with van der Waals surface area (Å²) in [6.07, 6.45) is 0. The molecule has 2 amide bonds. The average molecular weight is 766 g/mol. The third-order valence-electron chi connectivity index (χ3n) is 8.00. The van der Waals surface area contributed by atoms with E-state index in [0.717, 1.165) is 16.7 Å². The molecule has 51 heavy (non-hydrogen) atoms. The third-order valence-corrected chi connectivity index (χ3v) is 10.0. The zero-order valence-electron chi connectivity index (χ0n) is 28.9. The van der Waals surface area contributed by atoms with Gasteiger partial charge < -0.3 is 34.5 Å². The van der Waals surface area contributed by atoms with Gasteiger partial charge in [0, 0.05) is 66.4 Å². The Balaban J connectivity index is 1.06. The average Bonchev–Trinajstić information content (AvgIpc) is 3.12. The minimum atomic E-state index is -3.76. The molecule has 0 aromatic heterocycles. The molecular weight excluding hydrogens is 719 g/mol. The Kier molecular flexibility index (Phi) is 16.6. The van der Waals surface area contributed by atoms with Gasteiger partial charge in [0.15, 0.2) is 0 Å². The highest BCUT2D eigenvalue weighted by molar-refractivity contribution is 7.89. The number of carbonyl (C=O) groups excluding carboxylic acids is 2. The number of rotatable bonds is 21. The molecule has 1 aliphatic rings. The molecule has 12 nitrogen and oxygen atoms in total. The molecule has 0 radical (unpaired) electrons. The molecule has 0 aliphatic carbocycles. The fourth-order valence-corrected chi connectivity index (χ4v) is 7.16. The van der Waals surface area contributed by atoms with Crippen molar-refractivity contribution < 1.29 is 37.0 Å². The molecule has 15 heteroatoms. The number of nitrogens with one attached hydrogen (secondary N) is 3. The Morgan fingerprint density at radius 2 is 1.37 bits per heavy atom. The SMILES string of the molecule is CCOCCNC(=O)c1cccc(C(=O)NCCOCCOCCOCCNS(=O)(=O)c2cccc(C3CN(C)Cc4c(Cl)cc(Cl)cc43)c2)c1. The molecule has 1 atom stereocenters. The van der Waals surface area contributed by atoms with E-state index in [9.17, 15) is 18.0 Å². The number of fused-ring (bicyclic) bond motifs is 1. The second-order valence-electron chi connectivity index (χ2n) is 11.8. The molecule has 0 spiro atoms. The number of amides is 2. The lowest BCUT2D eigenvalue weighted by molar-refractivity contribution is 0.0162. The molecule has 3 aromatic carbocycles. The van der Waals surface area contributed by atoms with Crippen LogP contribution in [0.2, 0.25) is 10.0 Å². The van der Waals surface area contributed by atoms with Gasteiger partial charge in [-0.1, -0.05) is 41.4 Å². The Bertz CT molecular complexity index is 1710. The molecule has 4 rings (SSSR count). The smallest absolute Gasteiger partial charge is 0.251 e. The van der Waals surface area contributed by atoms with Crippen LogP contribution >= 0.6 is 23.2 Å². The number of nitrogens with zero attached hydrogens (tertiary/aromatic N) is 1. The van der Waals surface area contributed by atoms with Crippen molar-refractivity contribution in [1.82, 2.24) is 20.3 Å². The van der Waals surface area contributed by atoms with Gasteiger partial charge in [0.25, 0.3) is 11.8 Å². The van der Waals surface area contributed by atoms with Crippen molar-refractivity contribution in [3.63, 3.8) is 0 Å². The van der Waals surface area contributed by atoms with Crippen LogP contribution in [0.3, 0.4) is 0 Å². The van der Waals surface area contributed by atoms with Crippen LogP contribution in [0, 0.1) is 0 Å². The van der Waals surface area contributed by atoms with E-state index < -0.39 is 10.0 Å². The lowest BCUT2D eigenvalue weighted by Gasteiger charge is -2.33. The Hall–Kier alpha value is -3.11. The van der Waals surface area contributed by atoms with Crippen molar-refractivity contribution in [2.75, 3.05) is 86.1 Å². The van der Waals surface area contributed by atoms with E-state index >= 15 is 0 Å². The van der Waals surface area contributed by atoms with Gasteiger partial charge in [-0.3, -0.25) is 9.59 Å². The van der Waals surface area contributed by atoms with Crippen LogP contribution in [0.25, 0.3) is 0 Å². The summed E-state index contributed by atoms with van der Waals surface area (Å²) in [7, 11) is -1.76. The first-order valence-electron chi connectivity index (χ1n) is 16.8. The first kappa shape index (κ1) is 40.7. The quantitative estimate of drug-likeness (QED) is 0.137. The number of hydrogen-bond acceptors (Lipinski definition) is 9. The molecule has 0 saturated carbocycles. The number of ether oxygens (including phenoxy) is 4. The van der Waals surface area contributed by atoms with Gasteiger partial charge in [-0.15, -0.1) is 0 Å². The topological polar surface area (TPSA) is 145 Å². The Morgan fingerprint density at radius 1 is 0.784 bits per heavy atom. The summed E-state index contributed by atoms with van der Waals surface area (Å²) >= 11 is 12.8. The minimum Gasteiger partial charge on any atom is -0.380 e. The molecule has 0 bridgehead atoms. The maximum atomic E-state index is 13.1. The summed E-state index contributed by atoms with van der Waals surface area (Å²) in [5.74, 6) is -0.651. The maximum absolute atomic E-state index is 13.1. The van der Waals surface area contributed by atoms with Crippen LogP contribution in [-0.4, -0.2) is 111 Å². The van der Waals surface area contributed by atoms with Crippen molar-refractivity contribution in [1.29, 1.82) is 0 Å². The van der Waals surface area contributed by atoms with E-state index in [4.69, 9.17) is 42.1 Å². The third kappa shape index (κ3) is 12.8. The number of hydrogen-bond donors (Lipinski definition) is 3. The van der Waals surface area contributed by atoms with Gasteiger partial charge in [0.1, 0.15) is 0 Å². The number of likely N-dealkylation sites (N-methyl/N-ethyl adjacent to an activating group) is 1. The molecule has 3 N–H and O–H groups in total. The van der Waals surface area contributed by atoms with E-state index in [1.807, 2.05) is 26.1 Å². The molecule has 1 aliphatic heterocycles. The molecule has 1 unspecified atom stereocenters. The highest BCUT2D eigenvalue weighted by atomic mass is 35.5. The van der Waals surface area contributed by atoms with Crippen LogP contribution in [-0.2, 0) is 35.5 Å². The van der Waals surface area contributed by atoms with Crippen LogP contribution in [0.4, 0.5) is 0 Å². The van der Waals surface area contributed by atoms with Crippen molar-refractivity contribution in [3.8, 4) is 0 Å². The minimum absolute atomic E-state index is 0.0771. The van der Waals surface area contributed by atoms with Crippen molar-refractivity contribution >= 4 is 45.0 Å². The molecule has 1 heterocycles. The maximum Gasteiger partial charge on any atom is 0.251 e. The van der Waals surface area contributed by atoms with Gasteiger partial charge in [0.2, 0.25) is 10.0 Å². The summed E-state index contributed by atoms with van der Waals surface area (Å²) in [6, 6.07) is 17.1. The van der Waals surface area contributed by atoms with E-state index in [0.29, 0.717) is 87.0 Å². The van der Waals surface area contributed by atoms with Gasteiger partial charge in [-0.05, 0) is 73.1 Å². The van der Waals surface area contributed by atoms with Gasteiger partial charge in [-0.25, -0.2) is 13.1 Å². The normalized spacial score (nSPS) is 14.6. The number of sulfonamides is 1.